The Labute approximate surface area is 161 Å². The molecule has 2 aromatic carbocycles. The highest BCUT2D eigenvalue weighted by molar-refractivity contribution is 5.95. The summed E-state index contributed by atoms with van der Waals surface area (Å²) in [5, 5.41) is 2.48. The second-order valence-electron chi connectivity index (χ2n) is 6.52. The highest BCUT2D eigenvalue weighted by Crippen LogP contribution is 2.19. The van der Waals surface area contributed by atoms with Gasteiger partial charge in [0.25, 0.3) is 5.91 Å². The molecule has 3 rings (SSSR count). The first-order valence-electron chi connectivity index (χ1n) is 8.70. The number of esters is 1. The molecule has 7 heteroatoms. The molecule has 28 heavy (non-hydrogen) atoms. The van der Waals surface area contributed by atoms with E-state index in [-0.39, 0.29) is 5.69 Å². The van der Waals surface area contributed by atoms with Gasteiger partial charge in [0.05, 0.1) is 0 Å². The summed E-state index contributed by atoms with van der Waals surface area (Å²) < 4.78 is 18.6. The van der Waals surface area contributed by atoms with Crippen molar-refractivity contribution in [1.82, 2.24) is 9.97 Å². The molecular formula is C21H20FN3O3. The molecule has 1 amide bonds. The Hall–Kier alpha value is -3.48. The molecular weight excluding hydrogens is 361 g/mol. The predicted molar refractivity (Wildman–Crippen MR) is 104 cm³/mol. The monoisotopic (exact) mass is 381 g/mol. The zero-order valence-corrected chi connectivity index (χ0v) is 15.8. The van der Waals surface area contributed by atoms with Crippen molar-refractivity contribution in [3.05, 3.63) is 70.8 Å². The molecule has 2 N–H and O–H groups in total. The summed E-state index contributed by atoms with van der Waals surface area (Å²) in [7, 11) is 0. The third-order valence-electron chi connectivity index (χ3n) is 4.16. The number of H-pyrrole nitrogens is 1. The molecule has 0 aliphatic heterocycles. The highest BCUT2D eigenvalue weighted by atomic mass is 19.1. The molecule has 3 aromatic rings. The number of aryl methyl sites for hydroxylation is 3. The fraction of sp³-hybridized carbons (Fsp3) is 0.190. The number of nitrogens with zero attached hydrogens (tertiary/aromatic N) is 1. The van der Waals surface area contributed by atoms with Gasteiger partial charge < -0.3 is 15.0 Å². The number of rotatable bonds is 5. The van der Waals surface area contributed by atoms with Crippen LogP contribution in [0.2, 0.25) is 0 Å². The van der Waals surface area contributed by atoms with Crippen LogP contribution in [0, 0.1) is 26.6 Å². The van der Waals surface area contributed by atoms with Crippen LogP contribution in [-0.2, 0) is 9.53 Å². The largest absolute Gasteiger partial charge is 0.451 e. The lowest BCUT2D eigenvalue weighted by molar-refractivity contribution is -0.119. The average molecular weight is 381 g/mol. The van der Waals surface area contributed by atoms with Gasteiger partial charge in [-0.2, -0.15) is 0 Å². The number of hydrogen-bond acceptors (Lipinski definition) is 4. The summed E-state index contributed by atoms with van der Waals surface area (Å²) in [6.07, 6.45) is 0. The van der Waals surface area contributed by atoms with E-state index in [1.165, 1.54) is 6.07 Å². The summed E-state index contributed by atoms with van der Waals surface area (Å²) in [5.74, 6) is -1.15. The zero-order chi connectivity index (χ0) is 20.3. The Morgan fingerprint density at radius 1 is 1.14 bits per heavy atom. The summed E-state index contributed by atoms with van der Waals surface area (Å²) >= 11 is 0. The van der Waals surface area contributed by atoms with Crippen LogP contribution in [0.5, 0.6) is 0 Å². The number of ether oxygens (including phenoxy) is 1. The smallest absolute Gasteiger partial charge is 0.359 e. The van der Waals surface area contributed by atoms with Crippen LogP contribution in [0.1, 0.15) is 27.3 Å². The number of aromatic amines is 1. The third-order valence-corrected chi connectivity index (χ3v) is 4.16. The Morgan fingerprint density at radius 2 is 1.93 bits per heavy atom. The summed E-state index contributed by atoms with van der Waals surface area (Å²) in [6, 6.07) is 12.0. The molecule has 0 radical (unpaired) electrons. The Bertz CT molecular complexity index is 1040. The van der Waals surface area contributed by atoms with Crippen molar-refractivity contribution in [2.45, 2.75) is 20.8 Å². The quantitative estimate of drug-likeness (QED) is 0.656. The number of imidazole rings is 1. The second kappa shape index (κ2) is 8.04. The minimum atomic E-state index is -0.710. The molecule has 0 aliphatic rings. The van der Waals surface area contributed by atoms with Crippen LogP contribution in [0.15, 0.2) is 42.5 Å². The lowest BCUT2D eigenvalue weighted by atomic mass is 10.1. The molecule has 6 nitrogen and oxygen atoms in total. The van der Waals surface area contributed by atoms with E-state index in [9.17, 15) is 14.0 Å². The van der Waals surface area contributed by atoms with E-state index in [0.29, 0.717) is 22.8 Å². The highest BCUT2D eigenvalue weighted by Gasteiger charge is 2.18. The molecule has 0 atom stereocenters. The number of benzene rings is 2. The van der Waals surface area contributed by atoms with Crippen molar-refractivity contribution >= 4 is 17.6 Å². The molecule has 0 saturated heterocycles. The summed E-state index contributed by atoms with van der Waals surface area (Å²) in [4.78, 5) is 31.6. The van der Waals surface area contributed by atoms with Gasteiger partial charge in [-0.25, -0.2) is 14.2 Å². The lowest BCUT2D eigenvalue weighted by Crippen LogP contribution is -2.21. The van der Waals surface area contributed by atoms with Crippen molar-refractivity contribution in [2.24, 2.45) is 0 Å². The van der Waals surface area contributed by atoms with E-state index < -0.39 is 24.3 Å². The van der Waals surface area contributed by atoms with Gasteiger partial charge in [0.2, 0.25) is 0 Å². The average Bonchev–Trinajstić information content (AvgIpc) is 3.05. The maximum Gasteiger partial charge on any atom is 0.359 e. The number of carbonyl (C=O) groups excluding carboxylic acids is 2. The van der Waals surface area contributed by atoms with Crippen LogP contribution < -0.4 is 5.32 Å². The maximum atomic E-state index is 13.5. The number of carbonyl (C=O) groups is 2. The van der Waals surface area contributed by atoms with Crippen LogP contribution >= 0.6 is 0 Å². The number of anilines is 1. The lowest BCUT2D eigenvalue weighted by Gasteiger charge is -2.07. The first-order valence-corrected chi connectivity index (χ1v) is 8.70. The SMILES string of the molecule is Cc1cccc(-c2nc(C(=O)OCC(=O)Nc3ccc(C)c(F)c3)c(C)[nH]2)c1. The van der Waals surface area contributed by atoms with Gasteiger partial charge in [-0.3, -0.25) is 4.79 Å². The molecule has 1 aromatic heterocycles. The third kappa shape index (κ3) is 4.43. The van der Waals surface area contributed by atoms with Crippen molar-refractivity contribution < 1.29 is 18.7 Å². The van der Waals surface area contributed by atoms with Gasteiger partial charge in [-0.05, 0) is 44.5 Å². The Balaban J connectivity index is 1.63. The van der Waals surface area contributed by atoms with Crippen molar-refractivity contribution in [3.8, 4) is 11.4 Å². The Morgan fingerprint density at radius 3 is 2.64 bits per heavy atom. The van der Waals surface area contributed by atoms with Crippen molar-refractivity contribution in [1.29, 1.82) is 0 Å². The number of amides is 1. The van der Waals surface area contributed by atoms with Crippen LogP contribution in [0.25, 0.3) is 11.4 Å². The second-order valence-corrected chi connectivity index (χ2v) is 6.52. The molecule has 0 aliphatic carbocycles. The molecule has 1 heterocycles. The fourth-order valence-corrected chi connectivity index (χ4v) is 2.66. The first-order chi connectivity index (χ1) is 13.3. The topological polar surface area (TPSA) is 84.1 Å². The Kier molecular flexibility index (Phi) is 5.54. The van der Waals surface area contributed by atoms with Gasteiger partial charge in [0.1, 0.15) is 11.6 Å². The van der Waals surface area contributed by atoms with E-state index in [2.05, 4.69) is 15.3 Å². The number of nitrogens with one attached hydrogen (secondary N) is 2. The van der Waals surface area contributed by atoms with Gasteiger partial charge in [0, 0.05) is 16.9 Å². The van der Waals surface area contributed by atoms with E-state index in [1.807, 2.05) is 31.2 Å². The summed E-state index contributed by atoms with van der Waals surface area (Å²) in [6.45, 7) is 4.80. The van der Waals surface area contributed by atoms with Crippen molar-refractivity contribution in [2.75, 3.05) is 11.9 Å². The molecule has 144 valence electrons. The number of halogens is 1. The molecule has 0 bridgehead atoms. The molecule has 0 spiro atoms. The predicted octanol–water partition coefficient (Wildman–Crippen LogP) is 3.94. The van der Waals surface area contributed by atoms with E-state index in [4.69, 9.17) is 4.74 Å². The standard InChI is InChI=1S/C21H20FN3O3/c1-12-5-4-6-15(9-12)20-23-14(3)19(25-20)21(27)28-11-18(26)24-16-8-7-13(2)17(22)10-16/h4-10H,11H2,1-3H3,(H,23,25)(H,24,26). The maximum absolute atomic E-state index is 13.5. The minimum absolute atomic E-state index is 0.116. The molecule has 0 unspecified atom stereocenters. The van der Waals surface area contributed by atoms with Gasteiger partial charge in [0.15, 0.2) is 12.3 Å². The van der Waals surface area contributed by atoms with Gasteiger partial charge >= 0.3 is 5.97 Å². The molecule has 0 fully saturated rings. The van der Waals surface area contributed by atoms with E-state index >= 15 is 0 Å². The van der Waals surface area contributed by atoms with Crippen LogP contribution in [-0.4, -0.2) is 28.5 Å². The van der Waals surface area contributed by atoms with Crippen molar-refractivity contribution in [3.63, 3.8) is 0 Å². The van der Waals surface area contributed by atoms with E-state index in [0.717, 1.165) is 11.1 Å². The molecule has 0 saturated carbocycles. The van der Waals surface area contributed by atoms with Gasteiger partial charge in [-0.1, -0.05) is 29.8 Å². The van der Waals surface area contributed by atoms with E-state index in [1.54, 1.807) is 26.0 Å². The fourth-order valence-electron chi connectivity index (χ4n) is 2.66. The number of aromatic nitrogens is 2. The van der Waals surface area contributed by atoms with Gasteiger partial charge in [-0.15, -0.1) is 0 Å². The van der Waals surface area contributed by atoms with Crippen LogP contribution in [0.3, 0.4) is 0 Å². The van der Waals surface area contributed by atoms with Crippen LogP contribution in [0.4, 0.5) is 10.1 Å². The first kappa shape index (κ1) is 19.3. The number of hydrogen-bond donors (Lipinski definition) is 2. The summed E-state index contributed by atoms with van der Waals surface area (Å²) in [5.41, 5.74) is 3.35. The normalized spacial score (nSPS) is 10.6. The zero-order valence-electron chi connectivity index (χ0n) is 15.8. The minimum Gasteiger partial charge on any atom is -0.451 e.